The molecule has 3 N–H and O–H groups in total. The number of rotatable bonds is 9. The lowest BCUT2D eigenvalue weighted by molar-refractivity contribution is 0.0211. The summed E-state index contributed by atoms with van der Waals surface area (Å²) in [5.41, 5.74) is 1.40. The van der Waals surface area contributed by atoms with Crippen LogP contribution < -0.4 is 15.4 Å². The van der Waals surface area contributed by atoms with E-state index in [4.69, 9.17) is 9.47 Å². The molecule has 0 bridgehead atoms. The van der Waals surface area contributed by atoms with E-state index in [-0.39, 0.29) is 29.2 Å². The molecule has 2 heterocycles. The molecule has 1 amide bonds. The second-order valence-electron chi connectivity index (χ2n) is 9.30. The molecule has 0 unspecified atom stereocenters. The van der Waals surface area contributed by atoms with E-state index >= 15 is 0 Å². The van der Waals surface area contributed by atoms with Gasteiger partial charge >= 0.3 is 6.09 Å². The molecular formula is C24H34N4O5S2. The SMILES string of the molecule is CCNS(=O)(=O)c1cc(NC2COC2)ccc1-c1cnc(C2CCC(NC(=O)OC(C)C)CC2)s1. The molecule has 4 rings (SSSR count). The van der Waals surface area contributed by atoms with Crippen molar-refractivity contribution < 1.29 is 22.7 Å². The Kier molecular flexibility index (Phi) is 8.31. The highest BCUT2D eigenvalue weighted by Gasteiger charge is 2.28. The summed E-state index contributed by atoms with van der Waals surface area (Å²) in [5.74, 6) is 0.293. The van der Waals surface area contributed by atoms with Gasteiger partial charge < -0.3 is 20.1 Å². The lowest BCUT2D eigenvalue weighted by atomic mass is 9.86. The number of thiazole rings is 1. The van der Waals surface area contributed by atoms with Crippen LogP contribution in [0.15, 0.2) is 29.3 Å². The van der Waals surface area contributed by atoms with Gasteiger partial charge in [-0.05, 0) is 51.7 Å². The molecule has 192 valence electrons. The molecule has 0 spiro atoms. The van der Waals surface area contributed by atoms with E-state index in [1.807, 2.05) is 26.0 Å². The Morgan fingerprint density at radius 3 is 2.57 bits per heavy atom. The van der Waals surface area contributed by atoms with Crippen LogP contribution in [0.25, 0.3) is 10.4 Å². The molecule has 0 atom stereocenters. The van der Waals surface area contributed by atoms with Crippen LogP contribution in [0.1, 0.15) is 57.4 Å². The van der Waals surface area contributed by atoms with E-state index in [1.165, 1.54) is 0 Å². The van der Waals surface area contributed by atoms with E-state index in [2.05, 4.69) is 20.3 Å². The molecular weight excluding hydrogens is 488 g/mol. The van der Waals surface area contributed by atoms with Crippen molar-refractivity contribution in [2.24, 2.45) is 0 Å². The first-order valence-corrected chi connectivity index (χ1v) is 14.5. The Labute approximate surface area is 211 Å². The maximum absolute atomic E-state index is 13.0. The molecule has 1 saturated carbocycles. The predicted octanol–water partition coefficient (Wildman–Crippen LogP) is 4.08. The topological polar surface area (TPSA) is 119 Å². The van der Waals surface area contributed by atoms with E-state index in [0.29, 0.717) is 31.2 Å². The van der Waals surface area contributed by atoms with Crippen molar-refractivity contribution >= 4 is 33.1 Å². The summed E-state index contributed by atoms with van der Waals surface area (Å²) in [6.45, 7) is 6.98. The zero-order valence-electron chi connectivity index (χ0n) is 20.4. The number of anilines is 1. The van der Waals surface area contributed by atoms with Gasteiger partial charge in [-0.3, -0.25) is 0 Å². The van der Waals surface area contributed by atoms with E-state index in [0.717, 1.165) is 41.3 Å². The summed E-state index contributed by atoms with van der Waals surface area (Å²) < 4.78 is 39.1. The van der Waals surface area contributed by atoms with Crippen molar-refractivity contribution in [3.05, 3.63) is 29.4 Å². The summed E-state index contributed by atoms with van der Waals surface area (Å²) in [7, 11) is -3.67. The molecule has 9 nitrogen and oxygen atoms in total. The number of benzene rings is 1. The van der Waals surface area contributed by atoms with Gasteiger partial charge in [-0.25, -0.2) is 22.9 Å². The molecule has 1 saturated heterocycles. The predicted molar refractivity (Wildman–Crippen MR) is 136 cm³/mol. The van der Waals surface area contributed by atoms with Gasteiger partial charge in [0.05, 0.1) is 40.1 Å². The fourth-order valence-corrected chi connectivity index (χ4v) is 6.84. The molecule has 0 radical (unpaired) electrons. The van der Waals surface area contributed by atoms with Crippen molar-refractivity contribution in [2.45, 2.75) is 75.5 Å². The molecule has 1 aromatic heterocycles. The van der Waals surface area contributed by atoms with Crippen LogP contribution >= 0.6 is 11.3 Å². The van der Waals surface area contributed by atoms with Crippen LogP contribution in [0, 0.1) is 0 Å². The summed E-state index contributed by atoms with van der Waals surface area (Å²) in [6, 6.07) is 5.76. The van der Waals surface area contributed by atoms with Gasteiger partial charge in [0.1, 0.15) is 0 Å². The number of carbonyl (C=O) groups excluding carboxylic acids is 1. The zero-order chi connectivity index (χ0) is 25.0. The van der Waals surface area contributed by atoms with Crippen LogP contribution in [0.5, 0.6) is 0 Å². The van der Waals surface area contributed by atoms with Crippen LogP contribution in [-0.4, -0.2) is 57.4 Å². The summed E-state index contributed by atoms with van der Waals surface area (Å²) >= 11 is 1.54. The Morgan fingerprint density at radius 1 is 1.20 bits per heavy atom. The van der Waals surface area contributed by atoms with Gasteiger partial charge in [0.2, 0.25) is 10.0 Å². The summed E-state index contributed by atoms with van der Waals surface area (Å²) in [6.07, 6.45) is 4.81. The monoisotopic (exact) mass is 522 g/mol. The number of ether oxygens (including phenoxy) is 2. The zero-order valence-corrected chi connectivity index (χ0v) is 22.0. The van der Waals surface area contributed by atoms with Crippen molar-refractivity contribution in [2.75, 3.05) is 25.1 Å². The average Bonchev–Trinajstić information content (AvgIpc) is 3.26. The number of hydrogen-bond acceptors (Lipinski definition) is 8. The molecule has 2 fully saturated rings. The van der Waals surface area contributed by atoms with Crippen molar-refractivity contribution in [1.29, 1.82) is 0 Å². The normalized spacial score (nSPS) is 20.9. The smallest absolute Gasteiger partial charge is 0.407 e. The minimum absolute atomic E-state index is 0.106. The fraction of sp³-hybridized carbons (Fsp3) is 0.583. The van der Waals surface area contributed by atoms with Crippen molar-refractivity contribution in [3.63, 3.8) is 0 Å². The molecule has 1 aromatic carbocycles. The molecule has 2 aliphatic rings. The first-order chi connectivity index (χ1) is 16.7. The Bertz CT molecular complexity index is 1120. The summed E-state index contributed by atoms with van der Waals surface area (Å²) in [4.78, 5) is 17.6. The van der Waals surface area contributed by atoms with Crippen LogP contribution in [0.4, 0.5) is 10.5 Å². The van der Waals surface area contributed by atoms with Gasteiger partial charge in [-0.15, -0.1) is 11.3 Å². The lowest BCUT2D eigenvalue weighted by Gasteiger charge is -2.28. The Hall–Kier alpha value is -2.21. The fourth-order valence-electron chi connectivity index (χ4n) is 4.36. The molecule has 1 aliphatic heterocycles. The van der Waals surface area contributed by atoms with Gasteiger partial charge in [0.15, 0.2) is 0 Å². The third-order valence-electron chi connectivity index (χ3n) is 6.14. The quantitative estimate of drug-likeness (QED) is 0.454. The van der Waals surface area contributed by atoms with Crippen molar-refractivity contribution in [1.82, 2.24) is 15.0 Å². The van der Waals surface area contributed by atoms with Crippen LogP contribution in [0.2, 0.25) is 0 Å². The maximum atomic E-state index is 13.0. The van der Waals surface area contributed by atoms with Crippen LogP contribution in [0.3, 0.4) is 0 Å². The highest BCUT2D eigenvalue weighted by molar-refractivity contribution is 7.89. The Balaban J connectivity index is 1.48. The van der Waals surface area contributed by atoms with Gasteiger partial charge in [-0.2, -0.15) is 0 Å². The van der Waals surface area contributed by atoms with Gasteiger partial charge in [0.25, 0.3) is 0 Å². The minimum atomic E-state index is -3.67. The van der Waals surface area contributed by atoms with E-state index in [9.17, 15) is 13.2 Å². The standard InChI is InChI=1S/C24H34N4O5S2/c1-4-26-35(30,31)22-11-18(27-19-13-32-14-19)9-10-20(22)21-12-25-23(34-21)16-5-7-17(8-6-16)28-24(29)33-15(2)3/h9-12,15-17,19,26-27H,4-8,13-14H2,1-3H3,(H,28,29). The molecule has 2 aromatic rings. The number of amides is 1. The largest absolute Gasteiger partial charge is 0.447 e. The third kappa shape index (κ3) is 6.52. The third-order valence-corrected chi connectivity index (χ3v) is 8.92. The Morgan fingerprint density at radius 2 is 1.94 bits per heavy atom. The van der Waals surface area contributed by atoms with Crippen LogP contribution in [-0.2, 0) is 19.5 Å². The minimum Gasteiger partial charge on any atom is -0.447 e. The highest BCUT2D eigenvalue weighted by atomic mass is 32.2. The molecule has 11 heteroatoms. The van der Waals surface area contributed by atoms with E-state index in [1.54, 1.807) is 30.5 Å². The molecule has 35 heavy (non-hydrogen) atoms. The number of sulfonamides is 1. The lowest BCUT2D eigenvalue weighted by Crippen LogP contribution is -2.40. The number of alkyl carbamates (subject to hydrolysis) is 1. The highest BCUT2D eigenvalue weighted by Crippen LogP contribution is 2.40. The second kappa shape index (κ2) is 11.2. The molecule has 1 aliphatic carbocycles. The van der Waals surface area contributed by atoms with E-state index < -0.39 is 10.0 Å². The number of hydrogen-bond donors (Lipinski definition) is 3. The second-order valence-corrected chi connectivity index (χ2v) is 12.1. The van der Waals surface area contributed by atoms with Gasteiger partial charge in [0, 0.05) is 36.0 Å². The number of aromatic nitrogens is 1. The maximum Gasteiger partial charge on any atom is 0.407 e. The van der Waals surface area contributed by atoms with Gasteiger partial charge in [-0.1, -0.05) is 13.0 Å². The number of nitrogens with zero attached hydrogens (tertiary/aromatic N) is 1. The first kappa shape index (κ1) is 25.9. The van der Waals surface area contributed by atoms with Crippen molar-refractivity contribution in [3.8, 4) is 10.4 Å². The first-order valence-electron chi connectivity index (χ1n) is 12.2. The number of carbonyl (C=O) groups is 1. The summed E-state index contributed by atoms with van der Waals surface area (Å²) in [5, 5.41) is 7.28. The number of nitrogens with one attached hydrogen (secondary N) is 3. The average molecular weight is 523 g/mol.